The number of rotatable bonds is 4. The first kappa shape index (κ1) is 14.5. The molecule has 3 aromatic rings. The highest BCUT2D eigenvalue weighted by atomic mass is 15.2. The molecule has 2 aromatic heterocycles. The van der Waals surface area contributed by atoms with Crippen LogP contribution in [-0.4, -0.2) is 26.4 Å². The molecular weight excluding hydrogens is 282 g/mol. The summed E-state index contributed by atoms with van der Waals surface area (Å²) >= 11 is 0. The van der Waals surface area contributed by atoms with E-state index >= 15 is 0 Å². The van der Waals surface area contributed by atoms with Gasteiger partial charge in [0.25, 0.3) is 0 Å². The molecule has 1 aliphatic heterocycles. The Kier molecular flexibility index (Phi) is 3.66. The molecule has 0 amide bonds. The van der Waals surface area contributed by atoms with E-state index in [4.69, 9.17) is 0 Å². The summed E-state index contributed by atoms with van der Waals surface area (Å²) in [7, 11) is 0. The summed E-state index contributed by atoms with van der Waals surface area (Å²) in [5, 5.41) is 0. The number of nitrogens with zero attached hydrogens (tertiary/aromatic N) is 3. The molecule has 0 saturated carbocycles. The third-order valence-corrected chi connectivity index (χ3v) is 5.20. The summed E-state index contributed by atoms with van der Waals surface area (Å²) in [6.07, 6.45) is 9.63. The van der Waals surface area contributed by atoms with Gasteiger partial charge in [0, 0.05) is 36.2 Å². The van der Waals surface area contributed by atoms with Crippen LogP contribution in [0, 0.1) is 0 Å². The van der Waals surface area contributed by atoms with Crippen LogP contribution in [0.15, 0.2) is 61.1 Å². The Labute approximate surface area is 137 Å². The fraction of sp³-hybridized carbons (Fsp3) is 0.350. The Morgan fingerprint density at radius 3 is 2.83 bits per heavy atom. The van der Waals surface area contributed by atoms with Crippen LogP contribution in [0.2, 0.25) is 0 Å². The van der Waals surface area contributed by atoms with Crippen LogP contribution in [0.25, 0.3) is 5.65 Å². The van der Waals surface area contributed by atoms with Crippen LogP contribution < -0.4 is 0 Å². The molecule has 3 heterocycles. The summed E-state index contributed by atoms with van der Waals surface area (Å²) in [6.45, 7) is 4.56. The topological polar surface area (TPSA) is 20.5 Å². The van der Waals surface area contributed by atoms with Crippen molar-refractivity contribution in [2.24, 2.45) is 0 Å². The molecule has 4 rings (SSSR count). The van der Waals surface area contributed by atoms with E-state index in [1.807, 2.05) is 12.4 Å². The van der Waals surface area contributed by atoms with E-state index < -0.39 is 0 Å². The van der Waals surface area contributed by atoms with Crippen LogP contribution in [0.3, 0.4) is 0 Å². The van der Waals surface area contributed by atoms with Crippen LogP contribution in [-0.2, 0) is 13.0 Å². The highest BCUT2D eigenvalue weighted by Gasteiger charge is 2.36. The predicted molar refractivity (Wildman–Crippen MR) is 93.4 cm³/mol. The molecule has 118 valence electrons. The standard InChI is InChI=1S/C20H23N3/c1-20(15-17-7-3-2-4-8-17)10-6-13-23(20)16-18-9-5-12-22-14-11-21-19(18)22/h2-5,7-9,11-12,14H,6,10,13,15-16H2,1H3. The van der Waals surface area contributed by atoms with Crippen LogP contribution >= 0.6 is 0 Å². The number of imidazole rings is 1. The van der Waals surface area contributed by atoms with Crippen LogP contribution in [0.5, 0.6) is 0 Å². The summed E-state index contributed by atoms with van der Waals surface area (Å²) < 4.78 is 2.11. The molecule has 0 spiro atoms. The molecule has 1 fully saturated rings. The molecule has 3 nitrogen and oxygen atoms in total. The molecule has 0 aliphatic carbocycles. The van der Waals surface area contributed by atoms with Crippen LogP contribution in [0.4, 0.5) is 0 Å². The SMILES string of the molecule is CC1(Cc2ccccc2)CCCN1Cc1cccn2ccnc12. The molecule has 1 aromatic carbocycles. The van der Waals surface area contributed by atoms with Crippen LogP contribution in [0.1, 0.15) is 30.9 Å². The minimum Gasteiger partial charge on any atom is -0.307 e. The quantitative estimate of drug-likeness (QED) is 0.728. The molecule has 23 heavy (non-hydrogen) atoms. The summed E-state index contributed by atoms with van der Waals surface area (Å²) in [5.41, 5.74) is 4.07. The van der Waals surface area contributed by atoms with E-state index in [9.17, 15) is 0 Å². The Balaban J connectivity index is 1.59. The van der Waals surface area contributed by atoms with E-state index in [0.717, 1.165) is 18.6 Å². The van der Waals surface area contributed by atoms with Gasteiger partial charge in [-0.2, -0.15) is 0 Å². The molecule has 1 saturated heterocycles. The molecule has 1 atom stereocenters. The molecule has 0 radical (unpaired) electrons. The highest BCUT2D eigenvalue weighted by molar-refractivity contribution is 5.47. The third-order valence-electron chi connectivity index (χ3n) is 5.20. The van der Waals surface area contributed by atoms with E-state index in [-0.39, 0.29) is 5.54 Å². The smallest absolute Gasteiger partial charge is 0.141 e. The van der Waals surface area contributed by atoms with Gasteiger partial charge in [-0.05, 0) is 44.4 Å². The summed E-state index contributed by atoms with van der Waals surface area (Å²) in [5.74, 6) is 0. The van der Waals surface area contributed by atoms with Gasteiger partial charge in [0.05, 0.1) is 0 Å². The number of hydrogen-bond donors (Lipinski definition) is 0. The van der Waals surface area contributed by atoms with Crippen molar-refractivity contribution >= 4 is 5.65 Å². The lowest BCUT2D eigenvalue weighted by molar-refractivity contribution is 0.147. The Morgan fingerprint density at radius 1 is 1.09 bits per heavy atom. The van der Waals surface area contributed by atoms with Crippen molar-refractivity contribution in [1.29, 1.82) is 0 Å². The van der Waals surface area contributed by atoms with Gasteiger partial charge in [-0.3, -0.25) is 4.90 Å². The van der Waals surface area contributed by atoms with Crippen molar-refractivity contribution in [2.45, 2.75) is 38.3 Å². The second-order valence-electron chi connectivity index (χ2n) is 6.88. The maximum absolute atomic E-state index is 4.53. The normalized spacial score (nSPS) is 22.0. The first-order valence-electron chi connectivity index (χ1n) is 8.44. The van der Waals surface area contributed by atoms with Gasteiger partial charge in [-0.1, -0.05) is 36.4 Å². The number of pyridine rings is 1. The van der Waals surface area contributed by atoms with Gasteiger partial charge >= 0.3 is 0 Å². The Morgan fingerprint density at radius 2 is 1.96 bits per heavy atom. The first-order chi connectivity index (χ1) is 11.2. The van der Waals surface area contributed by atoms with Gasteiger partial charge < -0.3 is 4.40 Å². The monoisotopic (exact) mass is 305 g/mol. The van der Waals surface area contributed by atoms with E-state index in [1.165, 1.54) is 30.5 Å². The van der Waals surface area contributed by atoms with Gasteiger partial charge in [0.1, 0.15) is 5.65 Å². The van der Waals surface area contributed by atoms with Gasteiger partial charge in [-0.25, -0.2) is 4.98 Å². The predicted octanol–water partition coefficient (Wildman–Crippen LogP) is 3.93. The zero-order valence-corrected chi connectivity index (χ0v) is 13.7. The fourth-order valence-corrected chi connectivity index (χ4v) is 3.92. The van der Waals surface area contributed by atoms with Gasteiger partial charge in [0.2, 0.25) is 0 Å². The summed E-state index contributed by atoms with van der Waals surface area (Å²) in [4.78, 5) is 7.17. The lowest BCUT2D eigenvalue weighted by Crippen LogP contribution is -2.42. The lowest BCUT2D eigenvalue weighted by atomic mass is 9.90. The van der Waals surface area contributed by atoms with Crippen molar-refractivity contribution in [3.05, 3.63) is 72.2 Å². The van der Waals surface area contributed by atoms with E-state index in [1.54, 1.807) is 0 Å². The van der Waals surface area contributed by atoms with Crippen molar-refractivity contribution in [1.82, 2.24) is 14.3 Å². The van der Waals surface area contributed by atoms with Gasteiger partial charge in [0.15, 0.2) is 0 Å². The van der Waals surface area contributed by atoms with Crippen molar-refractivity contribution in [3.8, 4) is 0 Å². The molecule has 0 N–H and O–H groups in total. The fourth-order valence-electron chi connectivity index (χ4n) is 3.92. The second-order valence-corrected chi connectivity index (χ2v) is 6.88. The number of likely N-dealkylation sites (tertiary alicyclic amines) is 1. The zero-order chi connectivity index (χ0) is 15.7. The number of fused-ring (bicyclic) bond motifs is 1. The Bertz CT molecular complexity index is 793. The maximum atomic E-state index is 4.53. The van der Waals surface area contributed by atoms with Crippen molar-refractivity contribution < 1.29 is 0 Å². The number of benzene rings is 1. The maximum Gasteiger partial charge on any atom is 0.141 e. The molecule has 1 unspecified atom stereocenters. The zero-order valence-electron chi connectivity index (χ0n) is 13.7. The molecule has 0 bridgehead atoms. The largest absolute Gasteiger partial charge is 0.307 e. The molecular formula is C20H23N3. The third kappa shape index (κ3) is 2.77. The first-order valence-corrected chi connectivity index (χ1v) is 8.44. The van der Waals surface area contributed by atoms with Crippen molar-refractivity contribution in [3.63, 3.8) is 0 Å². The average molecular weight is 305 g/mol. The average Bonchev–Trinajstić information content (AvgIpc) is 3.16. The van der Waals surface area contributed by atoms with E-state index in [2.05, 4.69) is 69.9 Å². The highest BCUT2D eigenvalue weighted by Crippen LogP contribution is 2.34. The number of hydrogen-bond acceptors (Lipinski definition) is 2. The summed E-state index contributed by atoms with van der Waals surface area (Å²) in [6, 6.07) is 15.2. The van der Waals surface area contributed by atoms with Gasteiger partial charge in [-0.15, -0.1) is 0 Å². The number of aromatic nitrogens is 2. The minimum atomic E-state index is 0.237. The van der Waals surface area contributed by atoms with Crippen molar-refractivity contribution in [2.75, 3.05) is 6.54 Å². The van der Waals surface area contributed by atoms with E-state index in [0.29, 0.717) is 0 Å². The minimum absolute atomic E-state index is 0.237. The molecule has 1 aliphatic rings. The lowest BCUT2D eigenvalue weighted by Gasteiger charge is -2.35. The molecule has 3 heteroatoms. The Hall–Kier alpha value is -2.13. The second kappa shape index (κ2) is 5.82.